The Morgan fingerprint density at radius 3 is 1.98 bits per heavy atom. The molecule has 0 saturated heterocycles. The van der Waals surface area contributed by atoms with E-state index in [1.807, 2.05) is 72.8 Å². The van der Waals surface area contributed by atoms with Crippen LogP contribution in [0.3, 0.4) is 0 Å². The Balaban J connectivity index is 1.20. The van der Waals surface area contributed by atoms with Crippen molar-refractivity contribution in [2.24, 2.45) is 0 Å². The molecule has 6 aromatic rings. The van der Waals surface area contributed by atoms with Crippen LogP contribution in [0.15, 0.2) is 150 Å². The van der Waals surface area contributed by atoms with Gasteiger partial charge in [-0.3, -0.25) is 19.2 Å². The fourth-order valence-corrected chi connectivity index (χ4v) is 6.18. The Labute approximate surface area is 287 Å². The summed E-state index contributed by atoms with van der Waals surface area (Å²) in [7, 11) is 0. The molecule has 0 radical (unpaired) electrons. The van der Waals surface area contributed by atoms with Crippen LogP contribution in [0.2, 0.25) is 0 Å². The van der Waals surface area contributed by atoms with Crippen molar-refractivity contribution in [1.82, 2.24) is 10.3 Å². The molecular weight excluding hydrogens is 633 g/mol. The predicted octanol–water partition coefficient (Wildman–Crippen LogP) is 8.25. The van der Waals surface area contributed by atoms with E-state index >= 15 is 0 Å². The van der Waals surface area contributed by atoms with E-state index in [1.54, 1.807) is 72.9 Å². The number of carbonyl (C=O) groups is 4. The van der Waals surface area contributed by atoms with Gasteiger partial charge in [0.2, 0.25) is 5.91 Å². The minimum atomic E-state index is -0.576. The zero-order chi connectivity index (χ0) is 34.2. The number of fused-ring (bicyclic) bond motifs is 1. The Kier molecular flexibility index (Phi) is 10.1. The normalized spacial score (nSPS) is 11.8. The third-order valence-electron chi connectivity index (χ3n) is 7.72. The first-order valence-electron chi connectivity index (χ1n) is 15.5. The molecule has 0 aliphatic heterocycles. The van der Waals surface area contributed by atoms with Crippen molar-refractivity contribution in [1.29, 1.82) is 0 Å². The second kappa shape index (κ2) is 15.1. The fraction of sp³-hybridized carbons (Fsp3) is 0.0500. The number of aromatic amines is 1. The van der Waals surface area contributed by atoms with Gasteiger partial charge in [0.25, 0.3) is 11.8 Å². The summed E-state index contributed by atoms with van der Waals surface area (Å²) in [4.78, 5) is 55.9. The van der Waals surface area contributed by atoms with Crippen molar-refractivity contribution in [2.75, 3.05) is 10.6 Å². The van der Waals surface area contributed by atoms with Crippen molar-refractivity contribution in [3.05, 3.63) is 168 Å². The summed E-state index contributed by atoms with van der Waals surface area (Å²) >= 11 is 1.37. The average Bonchev–Trinajstić information content (AvgIpc) is 3.54. The molecule has 3 amide bonds. The second-order valence-corrected chi connectivity index (χ2v) is 12.4. The number of benzene rings is 5. The smallest absolute Gasteiger partial charge is 0.272 e. The second-order valence-electron chi connectivity index (χ2n) is 11.2. The predicted molar refractivity (Wildman–Crippen MR) is 195 cm³/mol. The number of amides is 3. The number of aromatic nitrogens is 1. The zero-order valence-corrected chi connectivity index (χ0v) is 27.3. The number of anilines is 2. The van der Waals surface area contributed by atoms with Gasteiger partial charge in [0.15, 0.2) is 5.78 Å². The highest BCUT2D eigenvalue weighted by Crippen LogP contribution is 2.37. The van der Waals surface area contributed by atoms with E-state index in [-0.39, 0.29) is 17.4 Å². The van der Waals surface area contributed by atoms with Crippen LogP contribution in [0.5, 0.6) is 0 Å². The van der Waals surface area contributed by atoms with E-state index in [9.17, 15) is 19.2 Å². The van der Waals surface area contributed by atoms with Gasteiger partial charge in [0, 0.05) is 50.1 Å². The molecule has 9 heteroatoms. The number of Topliss-reactive ketones (excluding diaryl/α,β-unsaturated/α-hetero) is 1. The first-order chi connectivity index (χ1) is 23.8. The first kappa shape index (κ1) is 32.7. The number of H-pyrrole nitrogens is 1. The highest BCUT2D eigenvalue weighted by atomic mass is 32.2. The number of hydrogen-bond donors (Lipinski definition) is 4. The van der Waals surface area contributed by atoms with Crippen LogP contribution >= 0.6 is 11.8 Å². The zero-order valence-electron chi connectivity index (χ0n) is 26.5. The highest BCUT2D eigenvalue weighted by molar-refractivity contribution is 8.00. The Morgan fingerprint density at radius 2 is 1.29 bits per heavy atom. The highest BCUT2D eigenvalue weighted by Gasteiger charge is 2.23. The lowest BCUT2D eigenvalue weighted by Crippen LogP contribution is -2.30. The number of carbonyl (C=O) groups excluding carboxylic acids is 4. The molecule has 5 aromatic carbocycles. The largest absolute Gasteiger partial charge is 0.361 e. The molecule has 1 atom stereocenters. The molecule has 8 nitrogen and oxygen atoms in total. The van der Waals surface area contributed by atoms with Crippen molar-refractivity contribution in [3.8, 4) is 0 Å². The number of ketones is 1. The summed E-state index contributed by atoms with van der Waals surface area (Å²) in [5, 5.41) is 8.98. The molecule has 0 fully saturated rings. The number of rotatable bonds is 11. The van der Waals surface area contributed by atoms with Gasteiger partial charge in [-0.25, -0.2) is 0 Å². The third-order valence-corrected chi connectivity index (χ3v) is 8.98. The molecule has 0 aliphatic carbocycles. The van der Waals surface area contributed by atoms with Crippen LogP contribution in [0, 0.1) is 0 Å². The lowest BCUT2D eigenvalue weighted by molar-refractivity contribution is -0.116. The fourth-order valence-electron chi connectivity index (χ4n) is 5.16. The van der Waals surface area contributed by atoms with Gasteiger partial charge in [-0.2, -0.15) is 0 Å². The van der Waals surface area contributed by atoms with Crippen LogP contribution in [0.1, 0.15) is 44.0 Å². The van der Waals surface area contributed by atoms with E-state index < -0.39 is 17.1 Å². The van der Waals surface area contributed by atoms with Gasteiger partial charge in [0.1, 0.15) is 10.9 Å². The Morgan fingerprint density at radius 1 is 0.673 bits per heavy atom. The van der Waals surface area contributed by atoms with Crippen LogP contribution < -0.4 is 16.0 Å². The summed E-state index contributed by atoms with van der Waals surface area (Å²) in [6, 6.07) is 39.8. The summed E-state index contributed by atoms with van der Waals surface area (Å²) in [5.74, 6) is -1.17. The van der Waals surface area contributed by atoms with Gasteiger partial charge in [0.05, 0.1) is 0 Å². The van der Waals surface area contributed by atoms with Crippen LogP contribution in [0.4, 0.5) is 11.4 Å². The average molecular weight is 665 g/mol. The van der Waals surface area contributed by atoms with E-state index in [0.717, 1.165) is 26.9 Å². The summed E-state index contributed by atoms with van der Waals surface area (Å²) < 4.78 is 0. The van der Waals surface area contributed by atoms with Crippen molar-refractivity contribution >= 4 is 63.6 Å². The molecule has 0 bridgehead atoms. The van der Waals surface area contributed by atoms with Gasteiger partial charge in [-0.05, 0) is 85.3 Å². The van der Waals surface area contributed by atoms with Crippen LogP contribution in [-0.2, 0) is 9.59 Å². The molecule has 1 aromatic heterocycles. The molecule has 0 aliphatic rings. The van der Waals surface area contributed by atoms with Crippen molar-refractivity contribution in [3.63, 3.8) is 0 Å². The quantitative estimate of drug-likeness (QED) is 0.0632. The number of nitrogens with one attached hydrogen (secondary N) is 4. The Bertz CT molecular complexity index is 2140. The maximum Gasteiger partial charge on any atom is 0.272 e. The van der Waals surface area contributed by atoms with E-state index in [1.165, 1.54) is 18.7 Å². The third kappa shape index (κ3) is 8.22. The van der Waals surface area contributed by atoms with E-state index in [2.05, 4.69) is 20.9 Å². The van der Waals surface area contributed by atoms with Gasteiger partial charge in [-0.15, -0.1) is 11.8 Å². The molecule has 0 spiro atoms. The van der Waals surface area contributed by atoms with Crippen molar-refractivity contribution in [2.45, 2.75) is 17.1 Å². The number of para-hydroxylation sites is 1. The standard InChI is InChI=1S/C40H32N4O4S/c1-26(45)27-16-18-31(19-17-27)43-40(48)37(28-10-4-2-5-11-28)49-33-22-20-32(21-23-33)42-39(47)36(44-38(46)29-12-6-3-7-13-29)24-30-25-41-35-15-9-8-14-34(30)35/h2-25,37,41H,1H3,(H,42,47)(H,43,48)(H,44,46)/b36-24-. The SMILES string of the molecule is CC(=O)c1ccc(NC(=O)C(Sc2ccc(NC(=O)/C(=C/c3c[nH]c4ccccc34)NC(=O)c3ccccc3)cc2)c2ccccc2)cc1. The summed E-state index contributed by atoms with van der Waals surface area (Å²) in [5.41, 5.74) is 4.65. The first-order valence-corrected chi connectivity index (χ1v) is 16.4. The number of hydrogen-bond acceptors (Lipinski definition) is 5. The molecule has 0 saturated carbocycles. The monoisotopic (exact) mass is 664 g/mol. The minimum Gasteiger partial charge on any atom is -0.361 e. The molecule has 1 heterocycles. The van der Waals surface area contributed by atoms with Gasteiger partial charge < -0.3 is 20.9 Å². The molecule has 242 valence electrons. The molecule has 1 unspecified atom stereocenters. The molecular formula is C40H32N4O4S. The lowest BCUT2D eigenvalue weighted by Gasteiger charge is -2.18. The topological polar surface area (TPSA) is 120 Å². The maximum absolute atomic E-state index is 13.6. The van der Waals surface area contributed by atoms with E-state index in [0.29, 0.717) is 22.5 Å². The lowest BCUT2D eigenvalue weighted by atomic mass is 10.1. The summed E-state index contributed by atoms with van der Waals surface area (Å²) in [6.45, 7) is 1.50. The summed E-state index contributed by atoms with van der Waals surface area (Å²) in [6.07, 6.45) is 3.44. The van der Waals surface area contributed by atoms with Crippen LogP contribution in [-0.4, -0.2) is 28.5 Å². The van der Waals surface area contributed by atoms with Gasteiger partial charge in [-0.1, -0.05) is 66.7 Å². The molecule has 6 rings (SSSR count). The molecule has 4 N–H and O–H groups in total. The number of thioether (sulfide) groups is 1. The Hall–Kier alpha value is -6.19. The van der Waals surface area contributed by atoms with Crippen molar-refractivity contribution < 1.29 is 19.2 Å². The van der Waals surface area contributed by atoms with E-state index in [4.69, 9.17) is 0 Å². The minimum absolute atomic E-state index is 0.0475. The molecule has 49 heavy (non-hydrogen) atoms. The maximum atomic E-state index is 13.6. The van der Waals surface area contributed by atoms with Gasteiger partial charge >= 0.3 is 0 Å². The van der Waals surface area contributed by atoms with Crippen LogP contribution in [0.25, 0.3) is 17.0 Å².